The molecule has 0 saturated carbocycles. The quantitative estimate of drug-likeness (QED) is 0.874. The maximum Gasteiger partial charge on any atom is 0.242 e. The van der Waals surface area contributed by atoms with Crippen molar-refractivity contribution in [2.75, 3.05) is 26.0 Å². The molecule has 7 heteroatoms. The zero-order valence-electron chi connectivity index (χ0n) is 13.2. The molecule has 2 rings (SSSR count). The molecule has 1 aromatic carbocycles. The van der Waals surface area contributed by atoms with E-state index in [2.05, 4.69) is 17.6 Å². The lowest BCUT2D eigenvalue weighted by molar-refractivity contribution is -0.119. The number of sulfonamides is 1. The number of amides is 1. The number of nitrogens with zero attached hydrogens (tertiary/aromatic N) is 1. The van der Waals surface area contributed by atoms with Crippen molar-refractivity contribution in [1.82, 2.24) is 9.62 Å². The highest BCUT2D eigenvalue weighted by atomic mass is 32.2. The molecular weight excluding hydrogens is 302 g/mol. The molecule has 2 atom stereocenters. The second-order valence-corrected chi connectivity index (χ2v) is 8.09. The Morgan fingerprint density at radius 1 is 1.36 bits per heavy atom. The standard InChI is InChI=1S/C15H23N3O3S/c1-11-7-8-16-14(9-11)15(19)17-12-5-4-6-13(10-12)22(20,21)18(2)3/h4-6,10-11,14,16H,7-9H2,1-3H3,(H,17,19). The number of rotatable bonds is 4. The summed E-state index contributed by atoms with van der Waals surface area (Å²) in [7, 11) is -0.542. The van der Waals surface area contributed by atoms with Crippen molar-refractivity contribution in [3.05, 3.63) is 24.3 Å². The van der Waals surface area contributed by atoms with E-state index in [1.54, 1.807) is 12.1 Å². The van der Waals surface area contributed by atoms with Gasteiger partial charge in [0.1, 0.15) is 0 Å². The molecule has 1 aromatic rings. The van der Waals surface area contributed by atoms with Crippen LogP contribution >= 0.6 is 0 Å². The van der Waals surface area contributed by atoms with Crippen molar-refractivity contribution in [1.29, 1.82) is 0 Å². The van der Waals surface area contributed by atoms with E-state index in [-0.39, 0.29) is 16.8 Å². The maximum absolute atomic E-state index is 12.3. The summed E-state index contributed by atoms with van der Waals surface area (Å²) in [4.78, 5) is 12.4. The van der Waals surface area contributed by atoms with Crippen LogP contribution < -0.4 is 10.6 Å². The number of piperidine rings is 1. The lowest BCUT2D eigenvalue weighted by Crippen LogP contribution is -2.45. The van der Waals surface area contributed by atoms with E-state index in [0.29, 0.717) is 11.6 Å². The Bertz CT molecular complexity index is 643. The second-order valence-electron chi connectivity index (χ2n) is 5.94. The summed E-state index contributed by atoms with van der Waals surface area (Å²) in [6.07, 6.45) is 1.86. The van der Waals surface area contributed by atoms with Gasteiger partial charge < -0.3 is 10.6 Å². The molecule has 22 heavy (non-hydrogen) atoms. The Labute approximate surface area is 131 Å². The molecule has 1 aliphatic rings. The molecule has 1 amide bonds. The summed E-state index contributed by atoms with van der Waals surface area (Å²) in [6.45, 7) is 2.96. The van der Waals surface area contributed by atoms with Gasteiger partial charge in [-0.3, -0.25) is 4.79 Å². The van der Waals surface area contributed by atoms with Gasteiger partial charge in [0.25, 0.3) is 0 Å². The average Bonchev–Trinajstić information content (AvgIpc) is 2.47. The van der Waals surface area contributed by atoms with E-state index in [4.69, 9.17) is 0 Å². The Hall–Kier alpha value is -1.44. The van der Waals surface area contributed by atoms with Crippen LogP contribution in [-0.4, -0.2) is 45.3 Å². The van der Waals surface area contributed by atoms with Crippen molar-refractivity contribution in [2.24, 2.45) is 5.92 Å². The fourth-order valence-electron chi connectivity index (χ4n) is 2.48. The van der Waals surface area contributed by atoms with Crippen molar-refractivity contribution in [3.8, 4) is 0 Å². The fraction of sp³-hybridized carbons (Fsp3) is 0.533. The van der Waals surface area contributed by atoms with E-state index in [1.807, 2.05) is 0 Å². The molecule has 0 aromatic heterocycles. The molecule has 1 heterocycles. The first-order valence-electron chi connectivity index (χ1n) is 7.37. The number of hydrogen-bond acceptors (Lipinski definition) is 4. The van der Waals surface area contributed by atoms with Gasteiger partial charge in [-0.1, -0.05) is 13.0 Å². The Morgan fingerprint density at radius 3 is 2.73 bits per heavy atom. The van der Waals surface area contributed by atoms with Gasteiger partial charge in [0.2, 0.25) is 15.9 Å². The predicted molar refractivity (Wildman–Crippen MR) is 86.1 cm³/mol. The van der Waals surface area contributed by atoms with Crippen LogP contribution in [0, 0.1) is 5.92 Å². The van der Waals surface area contributed by atoms with Crippen LogP contribution in [-0.2, 0) is 14.8 Å². The molecule has 1 saturated heterocycles. The van der Waals surface area contributed by atoms with E-state index in [1.165, 1.54) is 26.2 Å². The Kier molecular flexibility index (Phi) is 5.20. The van der Waals surface area contributed by atoms with Gasteiger partial charge in [0.15, 0.2) is 0 Å². The number of carbonyl (C=O) groups excluding carboxylic acids is 1. The third kappa shape index (κ3) is 3.85. The minimum atomic E-state index is -3.50. The highest BCUT2D eigenvalue weighted by molar-refractivity contribution is 7.89. The molecule has 0 radical (unpaired) electrons. The summed E-state index contributed by atoms with van der Waals surface area (Å²) in [5, 5.41) is 5.99. The topological polar surface area (TPSA) is 78.5 Å². The summed E-state index contributed by atoms with van der Waals surface area (Å²) in [5.41, 5.74) is 0.493. The zero-order chi connectivity index (χ0) is 16.3. The summed E-state index contributed by atoms with van der Waals surface area (Å²) >= 11 is 0. The highest BCUT2D eigenvalue weighted by Crippen LogP contribution is 2.20. The first kappa shape index (κ1) is 16.9. The lowest BCUT2D eigenvalue weighted by atomic mass is 9.94. The van der Waals surface area contributed by atoms with Crippen LogP contribution in [0.3, 0.4) is 0 Å². The Morgan fingerprint density at radius 2 is 2.09 bits per heavy atom. The number of benzene rings is 1. The molecule has 6 nitrogen and oxygen atoms in total. The van der Waals surface area contributed by atoms with Gasteiger partial charge in [0.05, 0.1) is 10.9 Å². The van der Waals surface area contributed by atoms with Crippen LogP contribution in [0.4, 0.5) is 5.69 Å². The van der Waals surface area contributed by atoms with Gasteiger partial charge in [-0.15, -0.1) is 0 Å². The second kappa shape index (κ2) is 6.76. The van der Waals surface area contributed by atoms with Crippen molar-refractivity contribution in [3.63, 3.8) is 0 Å². The van der Waals surface area contributed by atoms with Crippen LogP contribution in [0.1, 0.15) is 19.8 Å². The van der Waals surface area contributed by atoms with Crippen molar-refractivity contribution < 1.29 is 13.2 Å². The summed E-state index contributed by atoms with van der Waals surface area (Å²) in [5.74, 6) is 0.392. The SMILES string of the molecule is CC1CCNC(C(=O)Nc2cccc(S(=O)(=O)N(C)C)c2)C1. The lowest BCUT2D eigenvalue weighted by Gasteiger charge is -2.27. The molecule has 1 fully saturated rings. The smallest absolute Gasteiger partial charge is 0.242 e. The van der Waals surface area contributed by atoms with Gasteiger partial charge in [-0.2, -0.15) is 0 Å². The largest absolute Gasteiger partial charge is 0.325 e. The molecular formula is C15H23N3O3S. The van der Waals surface area contributed by atoms with Gasteiger partial charge in [-0.25, -0.2) is 12.7 Å². The molecule has 122 valence electrons. The van der Waals surface area contributed by atoms with Crippen LogP contribution in [0.5, 0.6) is 0 Å². The van der Waals surface area contributed by atoms with E-state index >= 15 is 0 Å². The summed E-state index contributed by atoms with van der Waals surface area (Å²) < 4.78 is 25.4. The van der Waals surface area contributed by atoms with Crippen LogP contribution in [0.25, 0.3) is 0 Å². The molecule has 2 unspecified atom stereocenters. The van der Waals surface area contributed by atoms with E-state index in [9.17, 15) is 13.2 Å². The minimum Gasteiger partial charge on any atom is -0.325 e. The minimum absolute atomic E-state index is 0.119. The molecule has 1 aliphatic heterocycles. The maximum atomic E-state index is 12.3. The van der Waals surface area contributed by atoms with Crippen molar-refractivity contribution in [2.45, 2.75) is 30.7 Å². The molecule has 0 bridgehead atoms. The van der Waals surface area contributed by atoms with Gasteiger partial charge in [0, 0.05) is 19.8 Å². The molecule has 2 N–H and O–H groups in total. The third-order valence-corrected chi connectivity index (χ3v) is 5.67. The van der Waals surface area contributed by atoms with Gasteiger partial charge >= 0.3 is 0 Å². The number of carbonyl (C=O) groups is 1. The molecule has 0 spiro atoms. The Balaban J connectivity index is 2.12. The van der Waals surface area contributed by atoms with Crippen LogP contribution in [0.2, 0.25) is 0 Å². The monoisotopic (exact) mass is 325 g/mol. The van der Waals surface area contributed by atoms with Gasteiger partial charge in [-0.05, 0) is 43.5 Å². The number of nitrogens with one attached hydrogen (secondary N) is 2. The normalized spacial score (nSPS) is 22.5. The predicted octanol–water partition coefficient (Wildman–Crippen LogP) is 1.26. The highest BCUT2D eigenvalue weighted by Gasteiger charge is 2.25. The number of hydrogen-bond donors (Lipinski definition) is 2. The number of anilines is 1. The average molecular weight is 325 g/mol. The fourth-order valence-corrected chi connectivity index (χ4v) is 3.43. The van der Waals surface area contributed by atoms with E-state index < -0.39 is 10.0 Å². The third-order valence-electron chi connectivity index (χ3n) is 3.86. The zero-order valence-corrected chi connectivity index (χ0v) is 14.0. The van der Waals surface area contributed by atoms with Crippen molar-refractivity contribution >= 4 is 21.6 Å². The van der Waals surface area contributed by atoms with E-state index in [0.717, 1.165) is 23.7 Å². The first-order valence-corrected chi connectivity index (χ1v) is 8.81. The van der Waals surface area contributed by atoms with Crippen LogP contribution in [0.15, 0.2) is 29.2 Å². The molecule has 0 aliphatic carbocycles. The summed E-state index contributed by atoms with van der Waals surface area (Å²) in [6, 6.07) is 6.10. The first-order chi connectivity index (χ1) is 10.3.